The Morgan fingerprint density at radius 2 is 2.18 bits per heavy atom. The van der Waals surface area contributed by atoms with Gasteiger partial charge in [-0.25, -0.2) is 13.4 Å². The first-order valence-electron chi connectivity index (χ1n) is 7.70. The van der Waals surface area contributed by atoms with Gasteiger partial charge >= 0.3 is 0 Å². The van der Waals surface area contributed by atoms with Crippen molar-refractivity contribution in [2.45, 2.75) is 24.2 Å². The Kier molecular flexibility index (Phi) is 4.46. The normalized spacial score (nSPS) is 18.0. The molecule has 22 heavy (non-hydrogen) atoms. The van der Waals surface area contributed by atoms with Gasteiger partial charge in [0.15, 0.2) is 0 Å². The van der Waals surface area contributed by atoms with Gasteiger partial charge in [-0.2, -0.15) is 4.31 Å². The van der Waals surface area contributed by atoms with Gasteiger partial charge in [-0.15, -0.1) is 0 Å². The van der Waals surface area contributed by atoms with Crippen LogP contribution in [0, 0.1) is 5.92 Å². The van der Waals surface area contributed by atoms with Crippen LogP contribution in [-0.4, -0.2) is 49.4 Å². The molecule has 2 aromatic heterocycles. The van der Waals surface area contributed by atoms with E-state index in [9.17, 15) is 8.42 Å². The van der Waals surface area contributed by atoms with Crippen molar-refractivity contribution in [3.63, 3.8) is 0 Å². The number of pyridine rings is 1. The predicted molar refractivity (Wildman–Crippen MR) is 86.1 cm³/mol. The SMILES string of the molecule is CNCCC1CCN(S(=O)(=O)c2c[nH]c3ncccc23)CC1. The number of aromatic nitrogens is 2. The summed E-state index contributed by atoms with van der Waals surface area (Å²) in [6.07, 6.45) is 6.19. The molecule has 3 heterocycles. The fourth-order valence-corrected chi connectivity index (χ4v) is 4.69. The van der Waals surface area contributed by atoms with E-state index in [1.807, 2.05) is 7.05 Å². The predicted octanol–water partition coefficient (Wildman–Crippen LogP) is 1.57. The molecule has 0 aliphatic carbocycles. The zero-order valence-electron chi connectivity index (χ0n) is 12.7. The molecule has 2 N–H and O–H groups in total. The van der Waals surface area contributed by atoms with Crippen molar-refractivity contribution in [3.05, 3.63) is 24.5 Å². The summed E-state index contributed by atoms with van der Waals surface area (Å²) >= 11 is 0. The van der Waals surface area contributed by atoms with Crippen LogP contribution in [0.2, 0.25) is 0 Å². The van der Waals surface area contributed by atoms with E-state index in [1.54, 1.807) is 28.8 Å². The van der Waals surface area contributed by atoms with Gasteiger partial charge in [0.25, 0.3) is 0 Å². The molecule has 2 aromatic rings. The third-order valence-electron chi connectivity index (χ3n) is 4.41. The smallest absolute Gasteiger partial charge is 0.245 e. The van der Waals surface area contributed by atoms with E-state index in [2.05, 4.69) is 15.3 Å². The fourth-order valence-electron chi connectivity index (χ4n) is 3.07. The van der Waals surface area contributed by atoms with Crippen molar-refractivity contribution in [3.8, 4) is 0 Å². The van der Waals surface area contributed by atoms with Gasteiger partial charge < -0.3 is 10.3 Å². The third-order valence-corrected chi connectivity index (χ3v) is 6.35. The second-order valence-corrected chi connectivity index (χ2v) is 7.70. The Morgan fingerprint density at radius 3 is 2.91 bits per heavy atom. The Balaban J connectivity index is 1.77. The molecule has 1 aliphatic heterocycles. The number of sulfonamides is 1. The molecule has 0 unspecified atom stereocenters. The van der Waals surface area contributed by atoms with Crippen LogP contribution in [0.4, 0.5) is 0 Å². The number of nitrogens with one attached hydrogen (secondary N) is 2. The van der Waals surface area contributed by atoms with Crippen LogP contribution < -0.4 is 5.32 Å². The van der Waals surface area contributed by atoms with Crippen molar-refractivity contribution in [1.82, 2.24) is 19.6 Å². The average molecular weight is 322 g/mol. The van der Waals surface area contributed by atoms with Gasteiger partial charge in [0, 0.05) is 30.9 Å². The molecule has 120 valence electrons. The lowest BCUT2D eigenvalue weighted by Crippen LogP contribution is -2.38. The van der Waals surface area contributed by atoms with Crippen molar-refractivity contribution in [1.29, 1.82) is 0 Å². The van der Waals surface area contributed by atoms with Crippen LogP contribution in [0.5, 0.6) is 0 Å². The zero-order valence-corrected chi connectivity index (χ0v) is 13.6. The molecule has 3 rings (SSSR count). The first-order chi connectivity index (χ1) is 10.6. The Hall–Kier alpha value is -1.44. The molecule has 0 spiro atoms. The van der Waals surface area contributed by atoms with Gasteiger partial charge in [-0.3, -0.25) is 0 Å². The number of fused-ring (bicyclic) bond motifs is 1. The summed E-state index contributed by atoms with van der Waals surface area (Å²) in [5.41, 5.74) is 0.616. The topological polar surface area (TPSA) is 78.1 Å². The largest absolute Gasteiger partial charge is 0.345 e. The third kappa shape index (κ3) is 2.88. The maximum Gasteiger partial charge on any atom is 0.245 e. The summed E-state index contributed by atoms with van der Waals surface area (Å²) in [6, 6.07) is 3.56. The quantitative estimate of drug-likeness (QED) is 0.876. The molecule has 0 radical (unpaired) electrons. The number of hydrogen-bond donors (Lipinski definition) is 2. The van der Waals surface area contributed by atoms with Crippen molar-refractivity contribution in [2.24, 2.45) is 5.92 Å². The molecule has 7 heteroatoms. The summed E-state index contributed by atoms with van der Waals surface area (Å²) in [6.45, 7) is 2.19. The minimum absolute atomic E-state index is 0.337. The number of nitrogens with zero attached hydrogens (tertiary/aromatic N) is 2. The van der Waals surface area contributed by atoms with Crippen molar-refractivity contribution in [2.75, 3.05) is 26.7 Å². The Labute approximate surface area is 131 Å². The highest BCUT2D eigenvalue weighted by Crippen LogP contribution is 2.28. The highest BCUT2D eigenvalue weighted by Gasteiger charge is 2.31. The van der Waals surface area contributed by atoms with E-state index in [4.69, 9.17) is 0 Å². The molecule has 1 aliphatic rings. The summed E-state index contributed by atoms with van der Waals surface area (Å²) in [7, 11) is -1.49. The van der Waals surface area contributed by atoms with Crippen LogP contribution in [0.15, 0.2) is 29.4 Å². The van der Waals surface area contributed by atoms with E-state index in [-0.39, 0.29) is 0 Å². The van der Waals surface area contributed by atoms with Gasteiger partial charge in [0.05, 0.1) is 0 Å². The molecule has 0 atom stereocenters. The van der Waals surface area contributed by atoms with Crippen LogP contribution in [0.1, 0.15) is 19.3 Å². The van der Waals surface area contributed by atoms with E-state index in [1.165, 1.54) is 0 Å². The second-order valence-electron chi connectivity index (χ2n) is 5.79. The van der Waals surface area contributed by atoms with Gasteiger partial charge in [-0.1, -0.05) is 0 Å². The number of H-pyrrole nitrogens is 1. The van der Waals surface area contributed by atoms with Crippen LogP contribution in [-0.2, 0) is 10.0 Å². The molecule has 0 amide bonds. The monoisotopic (exact) mass is 322 g/mol. The lowest BCUT2D eigenvalue weighted by molar-refractivity contribution is 0.263. The first-order valence-corrected chi connectivity index (χ1v) is 9.14. The highest BCUT2D eigenvalue weighted by molar-refractivity contribution is 7.89. The Bertz CT molecular complexity index is 733. The van der Waals surface area contributed by atoms with E-state index in [0.29, 0.717) is 34.9 Å². The molecule has 0 saturated carbocycles. The molecule has 0 bridgehead atoms. The molecule has 6 nitrogen and oxygen atoms in total. The molecular weight excluding hydrogens is 300 g/mol. The maximum atomic E-state index is 12.8. The first kappa shape index (κ1) is 15.5. The number of rotatable bonds is 5. The molecular formula is C15H22N4O2S. The number of aromatic amines is 1. The number of piperidine rings is 1. The summed E-state index contributed by atoms with van der Waals surface area (Å²) in [5.74, 6) is 0.614. The molecule has 1 fully saturated rings. The van der Waals surface area contributed by atoms with E-state index in [0.717, 1.165) is 25.8 Å². The van der Waals surface area contributed by atoms with Crippen molar-refractivity contribution >= 4 is 21.1 Å². The van der Waals surface area contributed by atoms with E-state index >= 15 is 0 Å². The minimum atomic E-state index is -3.44. The average Bonchev–Trinajstić information content (AvgIpc) is 2.98. The Morgan fingerprint density at radius 1 is 1.41 bits per heavy atom. The van der Waals surface area contributed by atoms with Gasteiger partial charge in [-0.05, 0) is 50.9 Å². The summed E-state index contributed by atoms with van der Waals surface area (Å²) in [5, 5.41) is 3.82. The lowest BCUT2D eigenvalue weighted by Gasteiger charge is -2.31. The standard InChI is InChI=1S/C15H22N4O2S/c1-16-8-4-12-5-9-19(10-6-12)22(20,21)14-11-18-15-13(14)3-2-7-17-15/h2-3,7,11-12,16H,4-6,8-10H2,1H3,(H,17,18). The zero-order chi connectivity index (χ0) is 15.6. The molecule has 0 aromatic carbocycles. The highest BCUT2D eigenvalue weighted by atomic mass is 32.2. The van der Waals surface area contributed by atoms with Crippen LogP contribution in [0.25, 0.3) is 11.0 Å². The second kappa shape index (κ2) is 6.36. The lowest BCUT2D eigenvalue weighted by atomic mass is 9.95. The minimum Gasteiger partial charge on any atom is -0.345 e. The summed E-state index contributed by atoms with van der Waals surface area (Å²) < 4.78 is 27.3. The van der Waals surface area contributed by atoms with Crippen LogP contribution in [0.3, 0.4) is 0 Å². The van der Waals surface area contributed by atoms with E-state index < -0.39 is 10.0 Å². The molecule has 1 saturated heterocycles. The number of hydrogen-bond acceptors (Lipinski definition) is 4. The van der Waals surface area contributed by atoms with Crippen molar-refractivity contribution < 1.29 is 8.42 Å². The van der Waals surface area contributed by atoms with Gasteiger partial charge in [0.2, 0.25) is 10.0 Å². The summed E-state index contributed by atoms with van der Waals surface area (Å²) in [4.78, 5) is 7.44. The van der Waals surface area contributed by atoms with Crippen LogP contribution >= 0.6 is 0 Å². The fraction of sp³-hybridized carbons (Fsp3) is 0.533. The van der Waals surface area contributed by atoms with Gasteiger partial charge in [0.1, 0.15) is 10.5 Å². The maximum absolute atomic E-state index is 12.8.